The van der Waals surface area contributed by atoms with Crippen molar-refractivity contribution in [3.05, 3.63) is 70.8 Å². The van der Waals surface area contributed by atoms with Gasteiger partial charge in [0.2, 0.25) is 11.8 Å². The van der Waals surface area contributed by atoms with Gasteiger partial charge in [-0.05, 0) is 43.4 Å². The van der Waals surface area contributed by atoms with Crippen LogP contribution in [0.2, 0.25) is 0 Å². The Morgan fingerprint density at radius 1 is 1.00 bits per heavy atom. The van der Waals surface area contributed by atoms with Crippen molar-refractivity contribution in [2.24, 2.45) is 5.92 Å². The zero-order valence-corrected chi connectivity index (χ0v) is 21.0. The summed E-state index contributed by atoms with van der Waals surface area (Å²) in [7, 11) is 0. The van der Waals surface area contributed by atoms with Crippen LogP contribution in [0.4, 0.5) is 0 Å². The summed E-state index contributed by atoms with van der Waals surface area (Å²) in [5, 5.41) is 2.96. The maximum Gasteiger partial charge on any atom is 0.261 e. The Morgan fingerprint density at radius 2 is 1.66 bits per heavy atom. The molecule has 0 unspecified atom stereocenters. The van der Waals surface area contributed by atoms with Crippen molar-refractivity contribution in [1.29, 1.82) is 0 Å². The number of rotatable bonds is 11. The largest absolute Gasteiger partial charge is 0.354 e. The summed E-state index contributed by atoms with van der Waals surface area (Å²) in [6.07, 6.45) is 0.950. The van der Waals surface area contributed by atoms with Crippen LogP contribution in [0.3, 0.4) is 0 Å². The summed E-state index contributed by atoms with van der Waals surface area (Å²) in [6.45, 7) is 8.96. The summed E-state index contributed by atoms with van der Waals surface area (Å²) < 4.78 is 0. The van der Waals surface area contributed by atoms with E-state index in [1.165, 1.54) is 4.90 Å². The molecule has 2 aromatic rings. The molecular formula is C28H35N3O4. The summed E-state index contributed by atoms with van der Waals surface area (Å²) in [6, 6.07) is 14.0. The molecule has 7 heteroatoms. The van der Waals surface area contributed by atoms with Crippen LogP contribution >= 0.6 is 0 Å². The molecular weight excluding hydrogens is 442 g/mol. The second-order valence-electron chi connectivity index (χ2n) is 9.48. The summed E-state index contributed by atoms with van der Waals surface area (Å²) >= 11 is 0. The van der Waals surface area contributed by atoms with Gasteiger partial charge in [-0.15, -0.1) is 0 Å². The molecule has 186 valence electrons. The van der Waals surface area contributed by atoms with Crippen LogP contribution in [0.25, 0.3) is 0 Å². The maximum atomic E-state index is 13.4. The van der Waals surface area contributed by atoms with Crippen LogP contribution < -0.4 is 5.32 Å². The molecule has 0 fully saturated rings. The van der Waals surface area contributed by atoms with Crippen molar-refractivity contribution in [2.75, 3.05) is 13.1 Å². The SMILES string of the molecule is CC[C@@H](C(=O)NCC(C)C)N(Cc1cccc(C)c1)C(=O)CCCN1C(=O)c2ccccc2C1=O. The van der Waals surface area contributed by atoms with Crippen LogP contribution in [-0.2, 0) is 16.1 Å². The van der Waals surface area contributed by atoms with Gasteiger partial charge in [0.1, 0.15) is 6.04 Å². The first kappa shape index (κ1) is 26.1. The maximum absolute atomic E-state index is 13.4. The fourth-order valence-corrected chi connectivity index (χ4v) is 4.32. The molecule has 0 aromatic heterocycles. The monoisotopic (exact) mass is 477 g/mol. The van der Waals surface area contributed by atoms with E-state index in [-0.39, 0.29) is 36.6 Å². The molecule has 0 radical (unpaired) electrons. The number of hydrogen-bond donors (Lipinski definition) is 1. The standard InChI is InChI=1S/C28H35N3O4/c1-5-24(26(33)29-17-19(2)3)31(18-21-11-8-10-20(4)16-21)25(32)14-9-15-30-27(34)22-12-6-7-13-23(22)28(30)35/h6-8,10-13,16,19,24H,5,9,14-15,17-18H2,1-4H3,(H,29,33)/t24-/m0/s1. The number of carbonyl (C=O) groups is 4. The minimum atomic E-state index is -0.596. The first-order valence-corrected chi connectivity index (χ1v) is 12.3. The van der Waals surface area contributed by atoms with Gasteiger partial charge in [0.15, 0.2) is 0 Å². The van der Waals surface area contributed by atoms with Gasteiger partial charge in [0, 0.05) is 26.1 Å². The zero-order valence-electron chi connectivity index (χ0n) is 21.0. The molecule has 4 amide bonds. The summed E-state index contributed by atoms with van der Waals surface area (Å²) in [4.78, 5) is 54.4. The molecule has 0 bridgehead atoms. The predicted octanol–water partition coefficient (Wildman–Crippen LogP) is 3.95. The molecule has 0 spiro atoms. The summed E-state index contributed by atoms with van der Waals surface area (Å²) in [5.74, 6) is -0.683. The minimum absolute atomic E-state index is 0.132. The van der Waals surface area contributed by atoms with E-state index in [2.05, 4.69) is 5.32 Å². The van der Waals surface area contributed by atoms with Gasteiger partial charge in [-0.3, -0.25) is 24.1 Å². The van der Waals surface area contributed by atoms with Gasteiger partial charge in [-0.2, -0.15) is 0 Å². The smallest absolute Gasteiger partial charge is 0.261 e. The number of amides is 4. The van der Waals surface area contributed by atoms with E-state index >= 15 is 0 Å². The quantitative estimate of drug-likeness (QED) is 0.497. The van der Waals surface area contributed by atoms with Gasteiger partial charge in [0.05, 0.1) is 11.1 Å². The van der Waals surface area contributed by atoms with Gasteiger partial charge in [-0.25, -0.2) is 0 Å². The van der Waals surface area contributed by atoms with Crippen LogP contribution in [-0.4, -0.2) is 52.6 Å². The van der Waals surface area contributed by atoms with Crippen molar-refractivity contribution in [3.8, 4) is 0 Å². The summed E-state index contributed by atoms with van der Waals surface area (Å²) in [5.41, 5.74) is 2.84. The van der Waals surface area contributed by atoms with Crippen molar-refractivity contribution in [3.63, 3.8) is 0 Å². The minimum Gasteiger partial charge on any atom is -0.354 e. The normalized spacial score (nSPS) is 13.7. The highest BCUT2D eigenvalue weighted by atomic mass is 16.2. The highest BCUT2D eigenvalue weighted by Gasteiger charge is 2.35. The molecule has 0 aliphatic carbocycles. The first-order valence-electron chi connectivity index (χ1n) is 12.3. The third-order valence-electron chi connectivity index (χ3n) is 6.16. The molecule has 3 rings (SSSR count). The lowest BCUT2D eigenvalue weighted by molar-refractivity contribution is -0.141. The van der Waals surface area contributed by atoms with E-state index in [1.54, 1.807) is 29.2 Å². The Kier molecular flexibility index (Phi) is 8.79. The van der Waals surface area contributed by atoms with Crippen molar-refractivity contribution in [2.45, 2.75) is 59.5 Å². The number of aryl methyl sites for hydroxylation is 1. The molecule has 7 nitrogen and oxygen atoms in total. The fourth-order valence-electron chi connectivity index (χ4n) is 4.32. The predicted molar refractivity (Wildman–Crippen MR) is 135 cm³/mol. The third-order valence-corrected chi connectivity index (χ3v) is 6.16. The number of fused-ring (bicyclic) bond motifs is 1. The Labute approximate surface area is 207 Å². The van der Waals surface area contributed by atoms with E-state index < -0.39 is 6.04 Å². The molecule has 2 aromatic carbocycles. The Morgan fingerprint density at radius 3 is 2.23 bits per heavy atom. The van der Waals surface area contributed by atoms with Crippen LogP contribution in [0.5, 0.6) is 0 Å². The highest BCUT2D eigenvalue weighted by Crippen LogP contribution is 2.23. The van der Waals surface area contributed by atoms with Crippen LogP contribution in [0.15, 0.2) is 48.5 Å². The number of nitrogens with zero attached hydrogens (tertiary/aromatic N) is 2. The van der Waals surface area contributed by atoms with Gasteiger partial charge < -0.3 is 10.2 Å². The molecule has 1 atom stereocenters. The highest BCUT2D eigenvalue weighted by molar-refractivity contribution is 6.21. The molecule has 1 heterocycles. The number of carbonyl (C=O) groups excluding carboxylic acids is 4. The fraction of sp³-hybridized carbons (Fsp3) is 0.429. The van der Waals surface area contributed by atoms with Gasteiger partial charge >= 0.3 is 0 Å². The number of nitrogens with one attached hydrogen (secondary N) is 1. The second kappa shape index (κ2) is 11.8. The number of benzene rings is 2. The molecule has 1 aliphatic heterocycles. The molecule has 1 N–H and O–H groups in total. The van der Waals surface area contributed by atoms with Crippen molar-refractivity contribution >= 4 is 23.6 Å². The molecule has 0 saturated heterocycles. The lowest BCUT2D eigenvalue weighted by Gasteiger charge is -2.31. The number of hydrogen-bond acceptors (Lipinski definition) is 4. The second-order valence-corrected chi connectivity index (χ2v) is 9.48. The number of imide groups is 1. The lowest BCUT2D eigenvalue weighted by atomic mass is 10.1. The Hall–Kier alpha value is -3.48. The Balaban J connectivity index is 1.70. The lowest BCUT2D eigenvalue weighted by Crippen LogP contribution is -2.49. The topological polar surface area (TPSA) is 86.8 Å². The molecule has 1 aliphatic rings. The van der Waals surface area contributed by atoms with E-state index in [0.717, 1.165) is 11.1 Å². The van der Waals surface area contributed by atoms with Crippen molar-refractivity contribution in [1.82, 2.24) is 15.1 Å². The molecule has 0 saturated carbocycles. The van der Waals surface area contributed by atoms with E-state index in [0.29, 0.717) is 43.0 Å². The zero-order chi connectivity index (χ0) is 25.5. The van der Waals surface area contributed by atoms with Gasteiger partial charge in [-0.1, -0.05) is 62.7 Å². The van der Waals surface area contributed by atoms with Gasteiger partial charge in [0.25, 0.3) is 11.8 Å². The van der Waals surface area contributed by atoms with E-state index in [1.807, 2.05) is 52.0 Å². The third kappa shape index (κ3) is 6.35. The van der Waals surface area contributed by atoms with E-state index in [4.69, 9.17) is 0 Å². The first-order chi connectivity index (χ1) is 16.7. The Bertz CT molecular complexity index is 1060. The average molecular weight is 478 g/mol. The molecule has 35 heavy (non-hydrogen) atoms. The average Bonchev–Trinajstić information content (AvgIpc) is 3.07. The van der Waals surface area contributed by atoms with Crippen molar-refractivity contribution < 1.29 is 19.2 Å². The van der Waals surface area contributed by atoms with E-state index in [9.17, 15) is 19.2 Å². The van der Waals surface area contributed by atoms with Crippen LogP contribution in [0, 0.1) is 12.8 Å². The van der Waals surface area contributed by atoms with Crippen LogP contribution in [0.1, 0.15) is 71.9 Å².